The average molecular weight is 231 g/mol. The molecule has 0 aliphatic heterocycles. The lowest BCUT2D eigenvalue weighted by atomic mass is 10.1. The maximum absolute atomic E-state index is 10.8. The highest BCUT2D eigenvalue weighted by molar-refractivity contribution is 5.92. The minimum Gasteiger partial charge on any atom is -0.366 e. The second kappa shape index (κ2) is 5.13. The van der Waals surface area contributed by atoms with Gasteiger partial charge < -0.3 is 5.73 Å². The molecule has 0 bridgehead atoms. The van der Waals surface area contributed by atoms with Gasteiger partial charge in [0.05, 0.1) is 0 Å². The summed E-state index contributed by atoms with van der Waals surface area (Å²) in [5.74, 6) is 0.956. The van der Waals surface area contributed by atoms with E-state index in [1.165, 1.54) is 18.4 Å². The predicted octanol–water partition coefficient (Wildman–Crippen LogP) is 2.09. The number of ketones is 1. The Bertz CT molecular complexity index is 412. The zero-order valence-corrected chi connectivity index (χ0v) is 9.82. The lowest BCUT2D eigenvalue weighted by Crippen LogP contribution is -2.10. The van der Waals surface area contributed by atoms with Crippen molar-refractivity contribution in [3.05, 3.63) is 35.4 Å². The zero-order valence-electron chi connectivity index (χ0n) is 9.82. The number of amides is 1. The molecule has 0 heterocycles. The topological polar surface area (TPSA) is 60.2 Å². The molecule has 3 nitrogen and oxygen atoms in total. The van der Waals surface area contributed by atoms with E-state index in [4.69, 9.17) is 5.73 Å². The van der Waals surface area contributed by atoms with Crippen LogP contribution in [0.2, 0.25) is 0 Å². The summed E-state index contributed by atoms with van der Waals surface area (Å²) in [6, 6.07) is 7.61. The van der Waals surface area contributed by atoms with E-state index in [-0.39, 0.29) is 5.91 Å². The molecule has 2 N–H and O–H groups in total. The van der Waals surface area contributed by atoms with E-state index < -0.39 is 0 Å². The van der Waals surface area contributed by atoms with Crippen LogP contribution in [0.15, 0.2) is 24.3 Å². The summed E-state index contributed by atoms with van der Waals surface area (Å²) in [5, 5.41) is 0. The number of Topliss-reactive ketones (excluding diaryl/α,β-unsaturated/α-hetero) is 1. The first-order valence-corrected chi connectivity index (χ1v) is 6.05. The summed E-state index contributed by atoms with van der Waals surface area (Å²) in [6.07, 6.45) is 5.56. The first kappa shape index (κ1) is 11.8. The van der Waals surface area contributed by atoms with E-state index in [2.05, 4.69) is 0 Å². The van der Waals surface area contributed by atoms with Crippen molar-refractivity contribution >= 4 is 11.7 Å². The van der Waals surface area contributed by atoms with Crippen LogP contribution in [0.4, 0.5) is 0 Å². The minimum absolute atomic E-state index is 0.349. The second-order valence-electron chi connectivity index (χ2n) is 4.75. The van der Waals surface area contributed by atoms with Gasteiger partial charge in [0.25, 0.3) is 0 Å². The van der Waals surface area contributed by atoms with Crippen LogP contribution < -0.4 is 5.73 Å². The smallest absolute Gasteiger partial charge is 0.248 e. The number of nitrogens with two attached hydrogens (primary N) is 1. The molecule has 17 heavy (non-hydrogen) atoms. The third-order valence-electron chi connectivity index (χ3n) is 2.91. The Kier molecular flexibility index (Phi) is 3.57. The fraction of sp³-hybridized carbons (Fsp3) is 0.429. The number of hydrogen-bond acceptors (Lipinski definition) is 2. The van der Waals surface area contributed by atoms with Crippen molar-refractivity contribution in [3.8, 4) is 0 Å². The van der Waals surface area contributed by atoms with Gasteiger partial charge in [-0.1, -0.05) is 12.1 Å². The first-order valence-electron chi connectivity index (χ1n) is 6.05. The molecular weight excluding hydrogens is 214 g/mol. The van der Waals surface area contributed by atoms with E-state index in [0.717, 1.165) is 25.2 Å². The van der Waals surface area contributed by atoms with Crippen LogP contribution in [-0.2, 0) is 11.2 Å². The van der Waals surface area contributed by atoms with Crippen LogP contribution in [0.25, 0.3) is 0 Å². The Morgan fingerprint density at radius 2 is 1.71 bits per heavy atom. The molecule has 0 radical (unpaired) electrons. The third-order valence-corrected chi connectivity index (χ3v) is 2.91. The molecule has 2 saturated carbocycles. The normalized spacial score (nSPS) is 17.1. The van der Waals surface area contributed by atoms with Crippen molar-refractivity contribution in [2.75, 3.05) is 0 Å². The summed E-state index contributed by atoms with van der Waals surface area (Å²) in [4.78, 5) is 20.3. The van der Waals surface area contributed by atoms with Crippen LogP contribution >= 0.6 is 0 Å². The number of benzene rings is 1. The number of primary amides is 1. The highest BCUT2D eigenvalue weighted by atomic mass is 16.1. The Labute approximate surface area is 101 Å². The molecule has 2 fully saturated rings. The third kappa shape index (κ3) is 4.39. The SMILES string of the molecule is NC(=O)c1ccc(CC2CC2)cc1.O=C1CC1. The first-order chi connectivity index (χ1) is 8.15. The van der Waals surface area contributed by atoms with Crippen molar-refractivity contribution < 1.29 is 9.59 Å². The molecule has 1 amide bonds. The molecular formula is C14H17NO2. The zero-order chi connectivity index (χ0) is 12.3. The van der Waals surface area contributed by atoms with E-state index in [1.54, 1.807) is 12.1 Å². The Morgan fingerprint density at radius 1 is 1.18 bits per heavy atom. The molecule has 0 aromatic heterocycles. The molecule has 2 aliphatic carbocycles. The summed E-state index contributed by atoms with van der Waals surface area (Å²) >= 11 is 0. The van der Waals surface area contributed by atoms with Crippen molar-refractivity contribution in [2.24, 2.45) is 11.7 Å². The summed E-state index contributed by atoms with van der Waals surface area (Å²) in [7, 11) is 0. The molecule has 3 rings (SSSR count). The van der Waals surface area contributed by atoms with E-state index in [1.807, 2.05) is 12.1 Å². The summed E-state index contributed by atoms with van der Waals surface area (Å²) in [6.45, 7) is 0. The Balaban J connectivity index is 0.000000228. The summed E-state index contributed by atoms with van der Waals surface area (Å²) in [5.41, 5.74) is 7.05. The van der Waals surface area contributed by atoms with Crippen LogP contribution in [0, 0.1) is 5.92 Å². The number of rotatable bonds is 3. The number of hydrogen-bond donors (Lipinski definition) is 1. The molecule has 0 atom stereocenters. The number of carbonyl (C=O) groups excluding carboxylic acids is 2. The van der Waals surface area contributed by atoms with Gasteiger partial charge in [-0.25, -0.2) is 0 Å². The van der Waals surface area contributed by atoms with Gasteiger partial charge >= 0.3 is 0 Å². The fourth-order valence-corrected chi connectivity index (χ4v) is 1.51. The lowest BCUT2D eigenvalue weighted by molar-refractivity contribution is -0.109. The minimum atomic E-state index is -0.349. The molecule has 0 spiro atoms. The van der Waals surface area contributed by atoms with Crippen LogP contribution in [0.1, 0.15) is 41.6 Å². The molecule has 90 valence electrons. The maximum Gasteiger partial charge on any atom is 0.248 e. The highest BCUT2D eigenvalue weighted by Gasteiger charge is 2.21. The Morgan fingerprint density at radius 3 is 2.06 bits per heavy atom. The molecule has 0 unspecified atom stereocenters. The van der Waals surface area contributed by atoms with Gasteiger partial charge in [0.15, 0.2) is 0 Å². The van der Waals surface area contributed by atoms with Crippen LogP contribution in [-0.4, -0.2) is 11.7 Å². The van der Waals surface area contributed by atoms with Gasteiger partial charge in [0.1, 0.15) is 5.78 Å². The molecule has 1 aromatic rings. The highest BCUT2D eigenvalue weighted by Crippen LogP contribution is 2.32. The predicted molar refractivity (Wildman–Crippen MR) is 65.6 cm³/mol. The van der Waals surface area contributed by atoms with E-state index in [9.17, 15) is 9.59 Å². The molecule has 1 aromatic carbocycles. The molecule has 2 aliphatic rings. The molecule has 3 heteroatoms. The Hall–Kier alpha value is -1.64. The van der Waals surface area contributed by atoms with Crippen LogP contribution in [0.3, 0.4) is 0 Å². The van der Waals surface area contributed by atoms with Crippen molar-refractivity contribution in [1.82, 2.24) is 0 Å². The largest absolute Gasteiger partial charge is 0.366 e. The van der Waals surface area contributed by atoms with Gasteiger partial charge in [-0.3, -0.25) is 9.59 Å². The monoisotopic (exact) mass is 231 g/mol. The fourth-order valence-electron chi connectivity index (χ4n) is 1.51. The quantitative estimate of drug-likeness (QED) is 0.865. The maximum atomic E-state index is 10.8. The molecule has 0 saturated heterocycles. The van der Waals surface area contributed by atoms with Crippen molar-refractivity contribution in [2.45, 2.75) is 32.1 Å². The van der Waals surface area contributed by atoms with Crippen molar-refractivity contribution in [1.29, 1.82) is 0 Å². The number of carbonyl (C=O) groups is 2. The van der Waals surface area contributed by atoms with Gasteiger partial charge in [-0.2, -0.15) is 0 Å². The lowest BCUT2D eigenvalue weighted by Gasteiger charge is -1.99. The van der Waals surface area contributed by atoms with Gasteiger partial charge in [0, 0.05) is 18.4 Å². The van der Waals surface area contributed by atoms with Gasteiger partial charge in [-0.05, 0) is 42.9 Å². The standard InChI is InChI=1S/C11H13NO.C3H4O/c12-11(13)10-5-3-9(4-6-10)7-8-1-2-8;4-3-1-2-3/h3-6,8H,1-2,7H2,(H2,12,13);1-2H2. The average Bonchev–Trinajstić information content (AvgIpc) is 3.19. The van der Waals surface area contributed by atoms with Crippen molar-refractivity contribution in [3.63, 3.8) is 0 Å². The van der Waals surface area contributed by atoms with Gasteiger partial charge in [-0.15, -0.1) is 0 Å². The van der Waals surface area contributed by atoms with E-state index >= 15 is 0 Å². The summed E-state index contributed by atoms with van der Waals surface area (Å²) < 4.78 is 0. The van der Waals surface area contributed by atoms with E-state index in [0.29, 0.717) is 11.3 Å². The second-order valence-corrected chi connectivity index (χ2v) is 4.75. The van der Waals surface area contributed by atoms with Crippen LogP contribution in [0.5, 0.6) is 0 Å². The van der Waals surface area contributed by atoms with Gasteiger partial charge in [0.2, 0.25) is 5.91 Å².